The summed E-state index contributed by atoms with van der Waals surface area (Å²) in [7, 11) is 3.99. The number of hydrogen-bond donors (Lipinski definition) is 0. The van der Waals surface area contributed by atoms with E-state index in [1.807, 2.05) is 13.8 Å². The Kier molecular flexibility index (Phi) is 7.59. The van der Waals surface area contributed by atoms with E-state index in [9.17, 15) is 4.79 Å². The molecule has 2 aliphatic rings. The number of hydrogen-bond acceptors (Lipinski definition) is 3. The molecular formula is C15H28N3OV-. The maximum atomic E-state index is 11.9. The van der Waals surface area contributed by atoms with Crippen LogP contribution in [0.25, 0.3) is 0 Å². The Bertz CT molecular complexity index is 295. The SMILES string of the molecule is [CH2-]N1CCN(CC2CCN(C(=O)C(C)C)CC2)CC1.[V]. The summed E-state index contributed by atoms with van der Waals surface area (Å²) in [6.45, 7) is 11.6. The van der Waals surface area contributed by atoms with E-state index in [4.69, 9.17) is 0 Å². The van der Waals surface area contributed by atoms with Crippen molar-refractivity contribution in [3.05, 3.63) is 7.05 Å². The Labute approximate surface area is 135 Å². The van der Waals surface area contributed by atoms with Gasteiger partial charge in [0.15, 0.2) is 0 Å². The molecule has 0 aromatic carbocycles. The Morgan fingerprint density at radius 1 is 1.10 bits per heavy atom. The molecule has 0 N–H and O–H groups in total. The summed E-state index contributed by atoms with van der Waals surface area (Å²) in [6, 6.07) is 0. The van der Waals surface area contributed by atoms with Crippen molar-refractivity contribution in [2.45, 2.75) is 26.7 Å². The fourth-order valence-corrected chi connectivity index (χ4v) is 3.04. The number of likely N-dealkylation sites (tertiary alicyclic amines) is 1. The van der Waals surface area contributed by atoms with E-state index < -0.39 is 0 Å². The van der Waals surface area contributed by atoms with Crippen LogP contribution in [-0.2, 0) is 23.4 Å². The minimum atomic E-state index is 0. The number of rotatable bonds is 3. The van der Waals surface area contributed by atoms with Gasteiger partial charge < -0.3 is 14.7 Å². The smallest absolute Gasteiger partial charge is 0.225 e. The van der Waals surface area contributed by atoms with Crippen LogP contribution in [0, 0.1) is 18.9 Å². The van der Waals surface area contributed by atoms with E-state index in [2.05, 4.69) is 21.7 Å². The molecule has 2 saturated heterocycles. The number of carbonyl (C=O) groups is 1. The second-order valence-electron chi connectivity index (χ2n) is 6.34. The van der Waals surface area contributed by atoms with Crippen LogP contribution in [-0.4, -0.2) is 66.4 Å². The minimum Gasteiger partial charge on any atom is -0.457 e. The summed E-state index contributed by atoms with van der Waals surface area (Å²) >= 11 is 0. The number of nitrogens with zero attached hydrogens (tertiary/aromatic N) is 3. The molecule has 2 fully saturated rings. The van der Waals surface area contributed by atoms with Crippen LogP contribution < -0.4 is 0 Å². The van der Waals surface area contributed by atoms with Gasteiger partial charge in [0.05, 0.1) is 0 Å². The van der Waals surface area contributed by atoms with Gasteiger partial charge in [-0.15, -0.1) is 0 Å². The van der Waals surface area contributed by atoms with Crippen molar-refractivity contribution in [3.63, 3.8) is 0 Å². The van der Waals surface area contributed by atoms with Gasteiger partial charge in [0, 0.05) is 57.2 Å². The van der Waals surface area contributed by atoms with Crippen molar-refractivity contribution in [2.24, 2.45) is 11.8 Å². The van der Waals surface area contributed by atoms with E-state index in [1.165, 1.54) is 19.4 Å². The van der Waals surface area contributed by atoms with Gasteiger partial charge in [-0.05, 0) is 31.8 Å². The molecule has 115 valence electrons. The number of piperidine rings is 1. The average molecular weight is 317 g/mol. The summed E-state index contributed by atoms with van der Waals surface area (Å²) in [5.74, 6) is 1.23. The van der Waals surface area contributed by atoms with Crippen LogP contribution >= 0.6 is 0 Å². The van der Waals surface area contributed by atoms with E-state index >= 15 is 0 Å². The number of piperazine rings is 1. The Morgan fingerprint density at radius 2 is 1.65 bits per heavy atom. The largest absolute Gasteiger partial charge is 0.457 e. The molecule has 1 amide bonds. The number of carbonyl (C=O) groups excluding carboxylic acids is 1. The van der Waals surface area contributed by atoms with Crippen molar-refractivity contribution in [3.8, 4) is 0 Å². The monoisotopic (exact) mass is 317 g/mol. The van der Waals surface area contributed by atoms with Gasteiger partial charge in [-0.2, -0.15) is 0 Å². The van der Waals surface area contributed by atoms with Gasteiger partial charge in [-0.3, -0.25) is 11.8 Å². The molecule has 0 aliphatic carbocycles. The van der Waals surface area contributed by atoms with Crippen LogP contribution in [0.5, 0.6) is 0 Å². The minimum absolute atomic E-state index is 0. The van der Waals surface area contributed by atoms with E-state index in [1.54, 1.807) is 0 Å². The molecule has 5 heteroatoms. The standard InChI is InChI=1S/C15H28N3O.V/c1-13(2)15(19)18-6-4-14(5-7-18)12-17-10-8-16(3)9-11-17;/h13-14H,3-12H2,1-2H3;/q-1;. The molecule has 2 aliphatic heterocycles. The molecule has 20 heavy (non-hydrogen) atoms. The first-order chi connectivity index (χ1) is 9.06. The number of amides is 1. The Balaban J connectivity index is 0.00000200. The van der Waals surface area contributed by atoms with Gasteiger partial charge >= 0.3 is 0 Å². The van der Waals surface area contributed by atoms with Crippen molar-refractivity contribution in [2.75, 3.05) is 45.8 Å². The van der Waals surface area contributed by atoms with E-state index in [0.717, 1.165) is 45.2 Å². The first kappa shape index (κ1) is 18.0. The topological polar surface area (TPSA) is 26.8 Å². The molecule has 2 rings (SSSR count). The predicted molar refractivity (Wildman–Crippen MR) is 77.5 cm³/mol. The van der Waals surface area contributed by atoms with Crippen LogP contribution in [0.15, 0.2) is 0 Å². The molecule has 4 nitrogen and oxygen atoms in total. The third kappa shape index (κ3) is 5.07. The van der Waals surface area contributed by atoms with Crippen molar-refractivity contribution in [1.82, 2.24) is 14.7 Å². The predicted octanol–water partition coefficient (Wildman–Crippen LogP) is 1.29. The second-order valence-corrected chi connectivity index (χ2v) is 6.34. The summed E-state index contributed by atoms with van der Waals surface area (Å²) < 4.78 is 0. The molecule has 0 saturated carbocycles. The van der Waals surface area contributed by atoms with Crippen LogP contribution in [0.3, 0.4) is 0 Å². The van der Waals surface area contributed by atoms with Gasteiger partial charge in [0.25, 0.3) is 0 Å². The summed E-state index contributed by atoms with van der Waals surface area (Å²) in [6.07, 6.45) is 2.34. The fourth-order valence-electron chi connectivity index (χ4n) is 3.04. The Hall–Kier alpha value is -0.0256. The molecule has 0 aromatic rings. The molecule has 2 heterocycles. The molecule has 0 bridgehead atoms. The van der Waals surface area contributed by atoms with Crippen LogP contribution in [0.4, 0.5) is 0 Å². The molecule has 0 spiro atoms. The third-order valence-electron chi connectivity index (χ3n) is 4.40. The van der Waals surface area contributed by atoms with Gasteiger partial charge in [-0.25, -0.2) is 0 Å². The van der Waals surface area contributed by atoms with Gasteiger partial charge in [0.1, 0.15) is 0 Å². The quantitative estimate of drug-likeness (QED) is 0.734. The van der Waals surface area contributed by atoms with Crippen LogP contribution in [0.1, 0.15) is 26.7 Å². The molecule has 0 aromatic heterocycles. The zero-order chi connectivity index (χ0) is 13.8. The second kappa shape index (κ2) is 8.43. The van der Waals surface area contributed by atoms with Crippen LogP contribution in [0.2, 0.25) is 0 Å². The first-order valence-corrected chi connectivity index (χ1v) is 7.63. The molecular weight excluding hydrogens is 289 g/mol. The maximum Gasteiger partial charge on any atom is 0.225 e. The van der Waals surface area contributed by atoms with Crippen molar-refractivity contribution in [1.29, 1.82) is 0 Å². The fraction of sp³-hybridized carbons (Fsp3) is 0.867. The molecule has 1 radical (unpaired) electrons. The summed E-state index contributed by atoms with van der Waals surface area (Å²) in [5, 5.41) is 0. The summed E-state index contributed by atoms with van der Waals surface area (Å²) in [4.78, 5) is 18.7. The van der Waals surface area contributed by atoms with Crippen molar-refractivity contribution < 1.29 is 23.4 Å². The summed E-state index contributed by atoms with van der Waals surface area (Å²) in [5.41, 5.74) is 0. The van der Waals surface area contributed by atoms with Gasteiger partial charge in [-0.1, -0.05) is 13.8 Å². The molecule has 0 unspecified atom stereocenters. The zero-order valence-corrected chi connectivity index (χ0v) is 14.3. The molecule has 0 atom stereocenters. The van der Waals surface area contributed by atoms with Crippen molar-refractivity contribution >= 4 is 5.91 Å². The third-order valence-corrected chi connectivity index (χ3v) is 4.40. The van der Waals surface area contributed by atoms with E-state index in [-0.39, 0.29) is 24.5 Å². The van der Waals surface area contributed by atoms with E-state index in [0.29, 0.717) is 5.91 Å². The average Bonchev–Trinajstić information content (AvgIpc) is 2.41. The normalized spacial score (nSPS) is 22.9. The van der Waals surface area contributed by atoms with Gasteiger partial charge in [0.2, 0.25) is 5.91 Å². The maximum absolute atomic E-state index is 11.9. The zero-order valence-electron chi connectivity index (χ0n) is 12.9. The Morgan fingerprint density at radius 3 is 2.15 bits per heavy atom. The first-order valence-electron chi connectivity index (χ1n) is 7.63.